The summed E-state index contributed by atoms with van der Waals surface area (Å²) in [7, 11) is 0. The van der Waals surface area contributed by atoms with E-state index in [1.54, 1.807) is 6.92 Å². The molecule has 1 aromatic rings. The average Bonchev–Trinajstić information content (AvgIpc) is 2.84. The highest BCUT2D eigenvalue weighted by molar-refractivity contribution is 5.81. The van der Waals surface area contributed by atoms with E-state index in [1.165, 1.54) is 0 Å². The molecule has 1 aliphatic rings. The molecule has 2 heterocycles. The fraction of sp³-hybridized carbons (Fsp3) is 0.786. The van der Waals surface area contributed by atoms with E-state index in [2.05, 4.69) is 24.0 Å². The molecule has 20 heavy (non-hydrogen) atoms. The van der Waals surface area contributed by atoms with Crippen molar-refractivity contribution in [3.05, 3.63) is 11.7 Å². The Balaban J connectivity index is 1.98. The third kappa shape index (κ3) is 3.56. The Hall–Kier alpha value is -1.43. The quantitative estimate of drug-likeness (QED) is 0.902. The maximum absolute atomic E-state index is 12.3. The summed E-state index contributed by atoms with van der Waals surface area (Å²) in [5.41, 5.74) is 5.99. The van der Waals surface area contributed by atoms with Gasteiger partial charge in [-0.3, -0.25) is 4.79 Å². The van der Waals surface area contributed by atoms with Crippen molar-refractivity contribution in [1.29, 1.82) is 0 Å². The van der Waals surface area contributed by atoms with Gasteiger partial charge in [0, 0.05) is 13.1 Å². The molecule has 0 aromatic carbocycles. The molecule has 6 heteroatoms. The molecule has 112 valence electrons. The second kappa shape index (κ2) is 6.35. The minimum Gasteiger partial charge on any atom is -0.341 e. The number of likely N-dealkylation sites (tertiary alicyclic amines) is 1. The van der Waals surface area contributed by atoms with E-state index in [1.807, 2.05) is 4.90 Å². The molecule has 2 N–H and O–H groups in total. The van der Waals surface area contributed by atoms with Crippen LogP contribution in [-0.4, -0.2) is 40.1 Å². The first-order valence-corrected chi connectivity index (χ1v) is 7.32. The van der Waals surface area contributed by atoms with Crippen LogP contribution >= 0.6 is 0 Å². The Morgan fingerprint density at radius 1 is 1.55 bits per heavy atom. The highest BCUT2D eigenvalue weighted by atomic mass is 16.5. The van der Waals surface area contributed by atoms with Crippen LogP contribution in [0.3, 0.4) is 0 Å². The van der Waals surface area contributed by atoms with Crippen molar-refractivity contribution >= 4 is 5.91 Å². The van der Waals surface area contributed by atoms with E-state index in [9.17, 15) is 4.79 Å². The topological polar surface area (TPSA) is 85.2 Å². The fourth-order valence-electron chi connectivity index (χ4n) is 2.70. The third-order valence-electron chi connectivity index (χ3n) is 3.67. The van der Waals surface area contributed by atoms with Crippen molar-refractivity contribution in [2.24, 2.45) is 11.7 Å². The molecule has 6 nitrogen and oxygen atoms in total. The van der Waals surface area contributed by atoms with Crippen molar-refractivity contribution in [2.75, 3.05) is 13.1 Å². The summed E-state index contributed by atoms with van der Waals surface area (Å²) < 4.78 is 5.23. The van der Waals surface area contributed by atoms with Crippen molar-refractivity contribution in [3.8, 4) is 0 Å². The minimum absolute atomic E-state index is 0.0413. The standard InChI is InChI=1S/C14H24N4O2/c1-9(2)7-12(15)14(19)18-6-4-5-11(8-18)13-16-10(3)17-20-13/h9,11-12H,4-8,15H2,1-3H3/t11?,12-/m0/s1. The zero-order valence-electron chi connectivity index (χ0n) is 12.5. The number of aromatic nitrogens is 2. The number of nitrogens with zero attached hydrogens (tertiary/aromatic N) is 3. The Morgan fingerprint density at radius 2 is 2.30 bits per heavy atom. The van der Waals surface area contributed by atoms with Crippen molar-refractivity contribution < 1.29 is 9.32 Å². The van der Waals surface area contributed by atoms with Crippen molar-refractivity contribution in [3.63, 3.8) is 0 Å². The van der Waals surface area contributed by atoms with Gasteiger partial charge in [0.2, 0.25) is 11.8 Å². The molecule has 1 unspecified atom stereocenters. The zero-order chi connectivity index (χ0) is 14.7. The Kier molecular flexibility index (Phi) is 4.75. The molecule has 2 rings (SSSR count). The number of carbonyl (C=O) groups is 1. The molecular weight excluding hydrogens is 256 g/mol. The molecule has 1 aliphatic heterocycles. The molecule has 1 fully saturated rings. The van der Waals surface area contributed by atoms with Crippen LogP contribution in [0.15, 0.2) is 4.52 Å². The van der Waals surface area contributed by atoms with Crippen molar-refractivity contribution in [1.82, 2.24) is 15.0 Å². The molecule has 0 saturated carbocycles. The second-order valence-electron chi connectivity index (χ2n) is 6.04. The summed E-state index contributed by atoms with van der Waals surface area (Å²) in [5.74, 6) is 1.88. The van der Waals surface area contributed by atoms with Gasteiger partial charge in [0.15, 0.2) is 5.82 Å². The van der Waals surface area contributed by atoms with E-state index in [0.717, 1.165) is 25.8 Å². The lowest BCUT2D eigenvalue weighted by molar-refractivity contribution is -0.134. The first-order chi connectivity index (χ1) is 9.47. The summed E-state index contributed by atoms with van der Waals surface area (Å²) in [6.45, 7) is 7.36. The highest BCUT2D eigenvalue weighted by Crippen LogP contribution is 2.26. The molecular formula is C14H24N4O2. The Morgan fingerprint density at radius 3 is 2.90 bits per heavy atom. The number of rotatable bonds is 4. The predicted octanol–water partition coefficient (Wildman–Crippen LogP) is 1.46. The molecule has 0 bridgehead atoms. The minimum atomic E-state index is -0.404. The van der Waals surface area contributed by atoms with Crippen LogP contribution in [0.1, 0.15) is 50.7 Å². The number of hydrogen-bond acceptors (Lipinski definition) is 5. The van der Waals surface area contributed by atoms with Gasteiger partial charge < -0.3 is 15.2 Å². The van der Waals surface area contributed by atoms with E-state index >= 15 is 0 Å². The second-order valence-corrected chi connectivity index (χ2v) is 6.04. The van der Waals surface area contributed by atoms with Gasteiger partial charge in [0.25, 0.3) is 0 Å². The molecule has 0 spiro atoms. The van der Waals surface area contributed by atoms with Crippen LogP contribution < -0.4 is 5.73 Å². The summed E-state index contributed by atoms with van der Waals surface area (Å²) >= 11 is 0. The van der Waals surface area contributed by atoms with Crippen LogP contribution in [0.25, 0.3) is 0 Å². The lowest BCUT2D eigenvalue weighted by Gasteiger charge is -2.33. The van der Waals surface area contributed by atoms with E-state index < -0.39 is 6.04 Å². The number of amides is 1. The molecule has 2 atom stereocenters. The predicted molar refractivity (Wildman–Crippen MR) is 75.0 cm³/mol. The summed E-state index contributed by atoms with van der Waals surface area (Å²) in [4.78, 5) is 18.5. The molecule has 1 amide bonds. The van der Waals surface area contributed by atoms with Gasteiger partial charge in [-0.2, -0.15) is 4.98 Å². The number of hydrogen-bond donors (Lipinski definition) is 1. The van der Waals surface area contributed by atoms with Crippen LogP contribution in [-0.2, 0) is 4.79 Å². The lowest BCUT2D eigenvalue weighted by atomic mass is 9.96. The van der Waals surface area contributed by atoms with E-state index in [4.69, 9.17) is 10.3 Å². The molecule has 0 aliphatic carbocycles. The van der Waals surface area contributed by atoms with Crippen LogP contribution in [0.4, 0.5) is 0 Å². The lowest BCUT2D eigenvalue weighted by Crippen LogP contribution is -2.48. The van der Waals surface area contributed by atoms with Gasteiger partial charge in [-0.1, -0.05) is 19.0 Å². The summed E-state index contributed by atoms with van der Waals surface area (Å²) in [6, 6.07) is -0.404. The average molecular weight is 280 g/mol. The monoisotopic (exact) mass is 280 g/mol. The van der Waals surface area contributed by atoms with Gasteiger partial charge in [-0.15, -0.1) is 0 Å². The molecule has 1 aromatic heterocycles. The SMILES string of the molecule is Cc1noc(C2CCCN(C(=O)[C@@H](N)CC(C)C)C2)n1. The number of piperidine rings is 1. The van der Waals surface area contributed by atoms with Gasteiger partial charge >= 0.3 is 0 Å². The van der Waals surface area contributed by atoms with Crippen LogP contribution in [0.5, 0.6) is 0 Å². The molecule has 0 radical (unpaired) electrons. The first kappa shape index (κ1) is 15.0. The van der Waals surface area contributed by atoms with Crippen LogP contribution in [0.2, 0.25) is 0 Å². The first-order valence-electron chi connectivity index (χ1n) is 7.32. The van der Waals surface area contributed by atoms with Gasteiger partial charge in [-0.05, 0) is 32.1 Å². The smallest absolute Gasteiger partial charge is 0.239 e. The van der Waals surface area contributed by atoms with Gasteiger partial charge in [0.1, 0.15) is 0 Å². The van der Waals surface area contributed by atoms with Crippen LogP contribution in [0, 0.1) is 12.8 Å². The normalized spacial score (nSPS) is 21.2. The number of carbonyl (C=O) groups excluding carboxylic acids is 1. The van der Waals surface area contributed by atoms with E-state index in [-0.39, 0.29) is 11.8 Å². The third-order valence-corrected chi connectivity index (χ3v) is 3.67. The largest absolute Gasteiger partial charge is 0.341 e. The van der Waals surface area contributed by atoms with Gasteiger partial charge in [0.05, 0.1) is 12.0 Å². The molecule has 1 saturated heterocycles. The number of aryl methyl sites for hydroxylation is 1. The summed E-state index contributed by atoms with van der Waals surface area (Å²) in [6.07, 6.45) is 2.65. The highest BCUT2D eigenvalue weighted by Gasteiger charge is 2.30. The summed E-state index contributed by atoms with van der Waals surface area (Å²) in [5, 5.41) is 3.82. The van der Waals surface area contributed by atoms with Crippen molar-refractivity contribution in [2.45, 2.75) is 52.0 Å². The Labute approximate surface area is 119 Å². The van der Waals surface area contributed by atoms with Gasteiger partial charge in [-0.25, -0.2) is 0 Å². The maximum Gasteiger partial charge on any atom is 0.239 e. The maximum atomic E-state index is 12.3. The zero-order valence-corrected chi connectivity index (χ0v) is 12.5. The fourth-order valence-corrected chi connectivity index (χ4v) is 2.70. The van der Waals surface area contributed by atoms with E-state index in [0.29, 0.717) is 24.2 Å². The number of nitrogens with two attached hydrogens (primary N) is 1. The Bertz CT molecular complexity index is 458.